The summed E-state index contributed by atoms with van der Waals surface area (Å²) in [6, 6.07) is 47.4. The van der Waals surface area contributed by atoms with Crippen LogP contribution >= 0.6 is 0 Å². The van der Waals surface area contributed by atoms with Crippen LogP contribution in [-0.2, 0) is 5.41 Å². The summed E-state index contributed by atoms with van der Waals surface area (Å²) in [5.41, 5.74) is 10.3. The van der Waals surface area contributed by atoms with Gasteiger partial charge >= 0.3 is 0 Å². The zero-order valence-corrected chi connectivity index (χ0v) is 27.3. The first-order chi connectivity index (χ1) is 22.9. The topological polar surface area (TPSA) is 38.7 Å². The standard InChI is InChI=1S/C41H38N6/c1-41(2,3)40-42-37(45-27-44(4)33-22-11-12-23-34(33)45)26-38(43-40)46-28-47(36-25-14-13-24-35(36)46)39-31(29-16-7-5-8-17-29)20-15-21-32(39)30-18-9-6-10-19-30/h5-26H,27-28H2,1-4H3. The lowest BCUT2D eigenvalue weighted by molar-refractivity contribution is 0.545. The Kier molecular flexibility index (Phi) is 6.94. The van der Waals surface area contributed by atoms with Gasteiger partial charge in [-0.2, -0.15) is 0 Å². The fourth-order valence-corrected chi connectivity index (χ4v) is 6.75. The van der Waals surface area contributed by atoms with Gasteiger partial charge in [-0.15, -0.1) is 0 Å². The molecule has 0 unspecified atom stereocenters. The molecule has 0 radical (unpaired) electrons. The van der Waals surface area contributed by atoms with Crippen molar-refractivity contribution in [2.45, 2.75) is 26.2 Å². The van der Waals surface area contributed by atoms with Gasteiger partial charge in [0.15, 0.2) is 0 Å². The van der Waals surface area contributed by atoms with Crippen molar-refractivity contribution in [1.82, 2.24) is 9.97 Å². The summed E-state index contributed by atoms with van der Waals surface area (Å²) in [4.78, 5) is 19.8. The molecule has 6 heteroatoms. The third-order valence-corrected chi connectivity index (χ3v) is 9.08. The number of anilines is 7. The molecule has 0 saturated carbocycles. The third-order valence-electron chi connectivity index (χ3n) is 9.08. The van der Waals surface area contributed by atoms with E-state index in [1.807, 2.05) is 0 Å². The normalized spacial score (nSPS) is 14.0. The average Bonchev–Trinajstić information content (AvgIpc) is 3.66. The second-order valence-electron chi connectivity index (χ2n) is 13.3. The Hall–Kier alpha value is -5.62. The molecule has 6 nitrogen and oxygen atoms in total. The van der Waals surface area contributed by atoms with E-state index < -0.39 is 0 Å². The van der Waals surface area contributed by atoms with Gasteiger partial charge in [-0.3, -0.25) is 0 Å². The number of nitrogens with zero attached hydrogens (tertiary/aromatic N) is 6. The lowest BCUT2D eigenvalue weighted by atomic mass is 9.95. The minimum Gasteiger partial charge on any atom is -0.355 e. The van der Waals surface area contributed by atoms with Crippen LogP contribution < -0.4 is 19.6 Å². The monoisotopic (exact) mass is 614 g/mol. The second kappa shape index (κ2) is 11.3. The molecule has 0 N–H and O–H groups in total. The molecule has 0 atom stereocenters. The highest BCUT2D eigenvalue weighted by molar-refractivity contribution is 5.98. The summed E-state index contributed by atoms with van der Waals surface area (Å²) in [6.07, 6.45) is 0. The van der Waals surface area contributed by atoms with Gasteiger partial charge in [-0.05, 0) is 35.4 Å². The van der Waals surface area contributed by atoms with E-state index in [0.29, 0.717) is 6.67 Å². The van der Waals surface area contributed by atoms with Crippen LogP contribution in [0.4, 0.5) is 40.1 Å². The van der Waals surface area contributed by atoms with E-state index in [-0.39, 0.29) is 5.41 Å². The highest BCUT2D eigenvalue weighted by Gasteiger charge is 2.34. The maximum absolute atomic E-state index is 5.27. The quantitative estimate of drug-likeness (QED) is 0.192. The Morgan fingerprint density at radius 1 is 0.489 bits per heavy atom. The number of rotatable bonds is 5. The van der Waals surface area contributed by atoms with Crippen molar-refractivity contribution in [3.8, 4) is 22.3 Å². The molecule has 2 aliphatic heterocycles. The molecule has 6 aromatic rings. The molecule has 2 aliphatic rings. The van der Waals surface area contributed by atoms with Gasteiger partial charge in [0.05, 0.1) is 35.1 Å². The summed E-state index contributed by atoms with van der Waals surface area (Å²) < 4.78 is 0. The summed E-state index contributed by atoms with van der Waals surface area (Å²) in [5.74, 6) is 2.62. The Morgan fingerprint density at radius 3 is 1.47 bits per heavy atom. The highest BCUT2D eigenvalue weighted by atomic mass is 15.4. The molecule has 47 heavy (non-hydrogen) atoms. The van der Waals surface area contributed by atoms with E-state index in [2.05, 4.69) is 181 Å². The summed E-state index contributed by atoms with van der Waals surface area (Å²) in [6.45, 7) is 7.90. The Balaban J connectivity index is 1.30. The van der Waals surface area contributed by atoms with Gasteiger partial charge in [-0.25, -0.2) is 9.97 Å². The van der Waals surface area contributed by atoms with Gasteiger partial charge in [0.1, 0.15) is 24.1 Å². The molecule has 0 spiro atoms. The molecule has 0 saturated heterocycles. The van der Waals surface area contributed by atoms with Gasteiger partial charge in [-0.1, -0.05) is 124 Å². The van der Waals surface area contributed by atoms with Crippen LogP contribution in [0.1, 0.15) is 26.6 Å². The minimum absolute atomic E-state index is 0.241. The summed E-state index contributed by atoms with van der Waals surface area (Å²) in [5, 5.41) is 0. The minimum atomic E-state index is -0.241. The lowest BCUT2D eigenvalue weighted by Crippen LogP contribution is -2.29. The van der Waals surface area contributed by atoms with Crippen molar-refractivity contribution in [3.63, 3.8) is 0 Å². The molecule has 3 heterocycles. The summed E-state index contributed by atoms with van der Waals surface area (Å²) >= 11 is 0. The Bertz CT molecular complexity index is 2010. The molecule has 5 aromatic carbocycles. The zero-order valence-electron chi connectivity index (χ0n) is 27.3. The van der Waals surface area contributed by atoms with Crippen molar-refractivity contribution in [2.75, 3.05) is 40.0 Å². The van der Waals surface area contributed by atoms with Crippen molar-refractivity contribution in [2.24, 2.45) is 0 Å². The zero-order chi connectivity index (χ0) is 32.1. The van der Waals surface area contributed by atoms with Crippen LogP contribution in [0.2, 0.25) is 0 Å². The third kappa shape index (κ3) is 5.06. The Labute approximate surface area is 277 Å². The van der Waals surface area contributed by atoms with Crippen molar-refractivity contribution < 1.29 is 0 Å². The van der Waals surface area contributed by atoms with Gasteiger partial charge < -0.3 is 19.6 Å². The number of para-hydroxylation sites is 5. The molecule has 232 valence electrons. The molecule has 0 fully saturated rings. The predicted octanol–water partition coefficient (Wildman–Crippen LogP) is 9.90. The van der Waals surface area contributed by atoms with Crippen LogP contribution in [0.15, 0.2) is 133 Å². The van der Waals surface area contributed by atoms with E-state index in [1.165, 1.54) is 33.6 Å². The molecule has 8 rings (SSSR count). The number of benzene rings is 5. The summed E-state index contributed by atoms with van der Waals surface area (Å²) in [7, 11) is 2.13. The maximum Gasteiger partial charge on any atom is 0.140 e. The largest absolute Gasteiger partial charge is 0.355 e. The second-order valence-corrected chi connectivity index (χ2v) is 13.3. The van der Waals surface area contributed by atoms with Crippen molar-refractivity contribution >= 4 is 40.1 Å². The fraction of sp³-hybridized carbons (Fsp3) is 0.171. The maximum atomic E-state index is 5.27. The smallest absolute Gasteiger partial charge is 0.140 e. The van der Waals surface area contributed by atoms with Crippen molar-refractivity contribution in [1.29, 1.82) is 0 Å². The number of aromatic nitrogens is 2. The van der Waals surface area contributed by atoms with Gasteiger partial charge in [0.2, 0.25) is 0 Å². The molecular weight excluding hydrogens is 576 g/mol. The SMILES string of the molecule is CN1CN(c2cc(N3CN(c4c(-c5ccccc5)cccc4-c4ccccc4)c4ccccc43)nc(C(C)(C)C)n2)c2ccccc21. The Morgan fingerprint density at radius 2 is 0.936 bits per heavy atom. The average molecular weight is 615 g/mol. The van der Waals surface area contributed by atoms with E-state index >= 15 is 0 Å². The predicted molar refractivity (Wildman–Crippen MR) is 195 cm³/mol. The van der Waals surface area contributed by atoms with Gasteiger partial charge in [0, 0.05) is 29.7 Å². The first kappa shape index (κ1) is 28.8. The van der Waals surface area contributed by atoms with E-state index in [9.17, 15) is 0 Å². The van der Waals surface area contributed by atoms with Crippen LogP contribution in [0, 0.1) is 0 Å². The van der Waals surface area contributed by atoms with Gasteiger partial charge in [0.25, 0.3) is 0 Å². The van der Waals surface area contributed by atoms with Crippen LogP contribution in [0.3, 0.4) is 0 Å². The van der Waals surface area contributed by atoms with E-state index in [4.69, 9.17) is 9.97 Å². The van der Waals surface area contributed by atoms with Crippen LogP contribution in [-0.4, -0.2) is 30.4 Å². The molecule has 1 aromatic heterocycles. The van der Waals surface area contributed by atoms with E-state index in [0.717, 1.165) is 41.2 Å². The number of fused-ring (bicyclic) bond motifs is 2. The van der Waals surface area contributed by atoms with Crippen LogP contribution in [0.25, 0.3) is 22.3 Å². The lowest BCUT2D eigenvalue weighted by Gasteiger charge is -2.28. The van der Waals surface area contributed by atoms with Crippen molar-refractivity contribution in [3.05, 3.63) is 139 Å². The first-order valence-electron chi connectivity index (χ1n) is 16.2. The van der Waals surface area contributed by atoms with Crippen LogP contribution in [0.5, 0.6) is 0 Å². The number of hydrogen-bond acceptors (Lipinski definition) is 6. The molecule has 0 amide bonds. The highest BCUT2D eigenvalue weighted by Crippen LogP contribution is 2.50. The fourth-order valence-electron chi connectivity index (χ4n) is 6.75. The molecule has 0 bridgehead atoms. The number of hydrogen-bond donors (Lipinski definition) is 0. The first-order valence-corrected chi connectivity index (χ1v) is 16.2. The molecule has 0 aliphatic carbocycles. The van der Waals surface area contributed by atoms with E-state index in [1.54, 1.807) is 0 Å². The molecular formula is C41H38N6.